The van der Waals surface area contributed by atoms with E-state index in [0.717, 1.165) is 14.2 Å². The van der Waals surface area contributed by atoms with Crippen LogP contribution >= 0.6 is 23.2 Å². The molecule has 7 nitrogen and oxygen atoms in total. The van der Waals surface area contributed by atoms with Gasteiger partial charge in [0, 0.05) is 0 Å². The molecule has 0 heterocycles. The van der Waals surface area contributed by atoms with E-state index in [1.807, 2.05) is 0 Å². The average molecular weight is 349 g/mol. The number of ether oxygens (including phenoxy) is 2. The molecule has 0 spiro atoms. The van der Waals surface area contributed by atoms with Crippen LogP contribution in [0.2, 0.25) is 10.0 Å². The van der Waals surface area contributed by atoms with Gasteiger partial charge in [-0.3, -0.25) is 9.59 Å². The van der Waals surface area contributed by atoms with Crippen LogP contribution in [0.5, 0.6) is 0 Å². The van der Waals surface area contributed by atoms with Crippen molar-refractivity contribution in [2.75, 3.05) is 20.0 Å². The van der Waals surface area contributed by atoms with Crippen molar-refractivity contribution in [1.82, 2.24) is 5.32 Å². The number of methoxy groups -OCH3 is 2. The first kappa shape index (κ1) is 18.1. The predicted molar refractivity (Wildman–Crippen MR) is 80.8 cm³/mol. The number of nitrogens with one attached hydrogen (secondary N) is 1. The largest absolute Gasteiger partial charge is 0.469 e. The summed E-state index contributed by atoms with van der Waals surface area (Å²) < 4.78 is 8.99. The third-order valence-electron chi connectivity index (χ3n) is 2.76. The first-order valence-corrected chi connectivity index (χ1v) is 6.76. The molecule has 9 heteroatoms. The molecule has 1 aromatic rings. The van der Waals surface area contributed by atoms with Crippen LogP contribution in [-0.4, -0.2) is 38.1 Å². The molecule has 0 aliphatic carbocycles. The number of hydrogen-bond donors (Lipinski definition) is 2. The molecule has 0 radical (unpaired) electrons. The highest BCUT2D eigenvalue weighted by Gasteiger charge is 2.26. The molecule has 0 bridgehead atoms. The van der Waals surface area contributed by atoms with Gasteiger partial charge in [-0.1, -0.05) is 23.2 Å². The number of rotatable bonds is 5. The highest BCUT2D eigenvalue weighted by atomic mass is 35.5. The van der Waals surface area contributed by atoms with Gasteiger partial charge >= 0.3 is 11.9 Å². The molecular weight excluding hydrogens is 335 g/mol. The fourth-order valence-corrected chi connectivity index (χ4v) is 2.02. The van der Waals surface area contributed by atoms with E-state index in [9.17, 15) is 14.4 Å². The molecule has 1 rings (SSSR count). The predicted octanol–water partition coefficient (Wildman–Crippen LogP) is 1.41. The van der Waals surface area contributed by atoms with Crippen LogP contribution in [-0.2, 0) is 19.1 Å². The van der Waals surface area contributed by atoms with Crippen molar-refractivity contribution in [2.24, 2.45) is 0 Å². The summed E-state index contributed by atoms with van der Waals surface area (Å²) in [7, 11) is 2.29. The normalized spacial score (nSPS) is 11.5. The van der Waals surface area contributed by atoms with Crippen molar-refractivity contribution < 1.29 is 23.9 Å². The Bertz CT molecular complexity index is 606. The zero-order valence-corrected chi connectivity index (χ0v) is 13.3. The number of anilines is 1. The molecule has 1 atom stereocenters. The van der Waals surface area contributed by atoms with E-state index >= 15 is 0 Å². The summed E-state index contributed by atoms with van der Waals surface area (Å²) in [6, 6.07) is 1.53. The van der Waals surface area contributed by atoms with Crippen molar-refractivity contribution in [2.45, 2.75) is 12.5 Å². The molecule has 0 saturated carbocycles. The summed E-state index contributed by atoms with van der Waals surface area (Å²) in [4.78, 5) is 35.1. The van der Waals surface area contributed by atoms with Crippen molar-refractivity contribution in [3.63, 3.8) is 0 Å². The zero-order chi connectivity index (χ0) is 16.9. The molecular formula is C13H14Cl2N2O5. The molecule has 1 aromatic carbocycles. The number of carbonyl (C=O) groups is 3. The smallest absolute Gasteiger partial charge is 0.328 e. The Kier molecular flexibility index (Phi) is 6.45. The average Bonchev–Trinajstić information content (AvgIpc) is 2.50. The summed E-state index contributed by atoms with van der Waals surface area (Å²) in [5.41, 5.74) is 5.69. The van der Waals surface area contributed by atoms with Gasteiger partial charge in [-0.05, 0) is 12.1 Å². The number of amides is 1. The van der Waals surface area contributed by atoms with E-state index in [1.54, 1.807) is 0 Å². The quantitative estimate of drug-likeness (QED) is 0.615. The monoisotopic (exact) mass is 348 g/mol. The number of hydrogen-bond acceptors (Lipinski definition) is 6. The lowest BCUT2D eigenvalue weighted by molar-refractivity contribution is -0.149. The molecule has 22 heavy (non-hydrogen) atoms. The lowest BCUT2D eigenvalue weighted by Crippen LogP contribution is -2.43. The fourth-order valence-electron chi connectivity index (χ4n) is 1.57. The number of benzene rings is 1. The van der Waals surface area contributed by atoms with Crippen LogP contribution < -0.4 is 11.1 Å². The van der Waals surface area contributed by atoms with Crippen LogP contribution in [0.25, 0.3) is 0 Å². The summed E-state index contributed by atoms with van der Waals surface area (Å²) in [6.45, 7) is 0. The summed E-state index contributed by atoms with van der Waals surface area (Å²) in [5, 5.41) is 2.49. The molecule has 0 saturated heterocycles. The maximum absolute atomic E-state index is 12.2. The molecule has 120 valence electrons. The van der Waals surface area contributed by atoms with Gasteiger partial charge in [-0.2, -0.15) is 0 Å². The molecule has 0 aliphatic heterocycles. The minimum absolute atomic E-state index is 0.0161. The van der Waals surface area contributed by atoms with Gasteiger partial charge < -0.3 is 20.5 Å². The van der Waals surface area contributed by atoms with Crippen LogP contribution in [0.15, 0.2) is 12.1 Å². The number of esters is 2. The van der Waals surface area contributed by atoms with E-state index < -0.39 is 23.9 Å². The zero-order valence-electron chi connectivity index (χ0n) is 11.8. The first-order valence-electron chi connectivity index (χ1n) is 6.00. The Balaban J connectivity index is 2.98. The van der Waals surface area contributed by atoms with Crippen LogP contribution in [0.3, 0.4) is 0 Å². The molecule has 0 aliphatic rings. The Hall–Kier alpha value is -1.99. The first-order chi connectivity index (χ1) is 10.3. The Morgan fingerprint density at radius 2 is 1.86 bits per heavy atom. The molecule has 0 aromatic heterocycles. The lowest BCUT2D eigenvalue weighted by atomic mass is 10.1. The van der Waals surface area contributed by atoms with Gasteiger partial charge in [0.25, 0.3) is 5.91 Å². The fraction of sp³-hybridized carbons (Fsp3) is 0.308. The van der Waals surface area contributed by atoms with Gasteiger partial charge in [0.05, 0.1) is 41.9 Å². The number of nitrogen functional groups attached to an aromatic ring is 1. The van der Waals surface area contributed by atoms with E-state index in [-0.39, 0.29) is 27.7 Å². The minimum Gasteiger partial charge on any atom is -0.469 e. The molecule has 0 unspecified atom stereocenters. The SMILES string of the molecule is COC(=O)C[C@H](NC(=O)c1ccc(Cl)c(N)c1Cl)C(=O)OC. The molecule has 1 amide bonds. The second-order valence-electron chi connectivity index (χ2n) is 4.15. The van der Waals surface area contributed by atoms with Gasteiger partial charge in [-0.25, -0.2) is 4.79 Å². The number of halogens is 2. The number of nitrogens with two attached hydrogens (primary N) is 1. The van der Waals surface area contributed by atoms with Crippen molar-refractivity contribution in [3.05, 3.63) is 27.7 Å². The standard InChI is InChI=1S/C13H14Cl2N2O5/c1-21-9(18)5-8(13(20)22-2)17-12(19)6-3-4-7(14)11(16)10(6)15/h3-4,8H,5,16H2,1-2H3,(H,17,19)/t8-/m0/s1. The highest BCUT2D eigenvalue weighted by molar-refractivity contribution is 6.40. The minimum atomic E-state index is -1.21. The topological polar surface area (TPSA) is 108 Å². The van der Waals surface area contributed by atoms with Crippen LogP contribution in [0.1, 0.15) is 16.8 Å². The van der Waals surface area contributed by atoms with Gasteiger partial charge in [0.1, 0.15) is 6.04 Å². The van der Waals surface area contributed by atoms with Gasteiger partial charge in [-0.15, -0.1) is 0 Å². The van der Waals surface area contributed by atoms with E-state index in [1.165, 1.54) is 12.1 Å². The Labute approximate surface area is 136 Å². The van der Waals surface area contributed by atoms with Gasteiger partial charge in [0.15, 0.2) is 0 Å². The molecule has 0 fully saturated rings. The number of carbonyl (C=O) groups excluding carboxylic acids is 3. The lowest BCUT2D eigenvalue weighted by Gasteiger charge is -2.16. The Morgan fingerprint density at radius 1 is 1.23 bits per heavy atom. The summed E-state index contributed by atoms with van der Waals surface area (Å²) >= 11 is 11.7. The van der Waals surface area contributed by atoms with Crippen molar-refractivity contribution in [1.29, 1.82) is 0 Å². The third-order valence-corrected chi connectivity index (χ3v) is 3.50. The maximum Gasteiger partial charge on any atom is 0.328 e. The van der Waals surface area contributed by atoms with Crippen molar-refractivity contribution >= 4 is 46.7 Å². The second kappa shape index (κ2) is 7.86. The Morgan fingerprint density at radius 3 is 2.41 bits per heavy atom. The van der Waals surface area contributed by atoms with Crippen LogP contribution in [0, 0.1) is 0 Å². The van der Waals surface area contributed by atoms with E-state index in [2.05, 4.69) is 14.8 Å². The molecule has 3 N–H and O–H groups in total. The maximum atomic E-state index is 12.2. The van der Waals surface area contributed by atoms with Crippen LogP contribution in [0.4, 0.5) is 5.69 Å². The van der Waals surface area contributed by atoms with Crippen molar-refractivity contribution in [3.8, 4) is 0 Å². The second-order valence-corrected chi connectivity index (χ2v) is 4.94. The van der Waals surface area contributed by atoms with E-state index in [0.29, 0.717) is 0 Å². The van der Waals surface area contributed by atoms with Gasteiger partial charge in [0.2, 0.25) is 0 Å². The third kappa shape index (κ3) is 4.25. The highest BCUT2D eigenvalue weighted by Crippen LogP contribution is 2.30. The summed E-state index contributed by atoms with van der Waals surface area (Å²) in [6.07, 6.45) is -0.379. The van der Waals surface area contributed by atoms with E-state index in [4.69, 9.17) is 28.9 Å². The summed E-state index contributed by atoms with van der Waals surface area (Å²) in [5.74, 6) is -2.18.